The summed E-state index contributed by atoms with van der Waals surface area (Å²) in [4.78, 5) is 25.8. The molecule has 2 aromatic rings. The van der Waals surface area contributed by atoms with Gasteiger partial charge in [0.15, 0.2) is 0 Å². The highest BCUT2D eigenvalue weighted by atomic mass is 35.5. The Morgan fingerprint density at radius 2 is 1.95 bits per heavy atom. The third-order valence-corrected chi connectivity index (χ3v) is 2.62. The number of amides is 1. The minimum absolute atomic E-state index is 0.131. The molecule has 1 aromatic heterocycles. The van der Waals surface area contributed by atoms with E-state index in [1.807, 2.05) is 0 Å². The molecule has 0 aliphatic heterocycles. The van der Waals surface area contributed by atoms with E-state index in [2.05, 4.69) is 10.3 Å². The van der Waals surface area contributed by atoms with Gasteiger partial charge in [-0.05, 0) is 18.2 Å². The molecule has 2 rings (SSSR count). The maximum Gasteiger partial charge on any atom is 0.319 e. The number of nitro groups is 1. The molecule has 0 saturated heterocycles. The van der Waals surface area contributed by atoms with E-state index in [0.717, 1.165) is 0 Å². The number of halogens is 1. The number of nitrogens with zero attached hydrogens (tertiary/aromatic N) is 2. The lowest BCUT2D eigenvalue weighted by molar-refractivity contribution is -0.385. The van der Waals surface area contributed by atoms with Crippen LogP contribution in [0.2, 0.25) is 5.15 Å². The Labute approximate surface area is 113 Å². The number of hydrogen-bond acceptors (Lipinski definition) is 4. The van der Waals surface area contributed by atoms with Crippen molar-refractivity contribution in [2.75, 3.05) is 5.32 Å². The molecule has 6 nitrogen and oxygen atoms in total. The molecule has 0 aliphatic rings. The normalized spacial score (nSPS) is 9.95. The molecule has 0 aliphatic carbocycles. The van der Waals surface area contributed by atoms with Crippen LogP contribution in [0.15, 0.2) is 42.6 Å². The zero-order valence-corrected chi connectivity index (χ0v) is 10.3. The molecular weight excluding hydrogens is 270 g/mol. The van der Waals surface area contributed by atoms with Crippen molar-refractivity contribution in [3.05, 3.63) is 63.4 Å². The van der Waals surface area contributed by atoms with Crippen LogP contribution in [0, 0.1) is 10.1 Å². The Morgan fingerprint density at radius 1 is 1.26 bits per heavy atom. The average Bonchev–Trinajstić information content (AvgIpc) is 2.39. The van der Waals surface area contributed by atoms with Crippen LogP contribution in [-0.4, -0.2) is 15.8 Å². The van der Waals surface area contributed by atoms with Gasteiger partial charge in [-0.2, -0.15) is 0 Å². The highest BCUT2D eigenvalue weighted by Gasteiger charge is 2.24. The summed E-state index contributed by atoms with van der Waals surface area (Å²) in [6, 6.07) is 9.87. The molecule has 0 saturated carbocycles. The standard InChI is InChI=1S/C12H8ClN3O3/c13-11-10(16(18)19)9(6-7-14-11)12(17)15-8-4-2-1-3-5-8/h1-7H,(H,15,17). The number of para-hydroxylation sites is 1. The van der Waals surface area contributed by atoms with Crippen LogP contribution in [0.1, 0.15) is 10.4 Å². The van der Waals surface area contributed by atoms with Gasteiger partial charge in [-0.1, -0.05) is 29.8 Å². The van der Waals surface area contributed by atoms with Gasteiger partial charge in [-0.3, -0.25) is 14.9 Å². The maximum absolute atomic E-state index is 12.0. The number of carbonyl (C=O) groups is 1. The number of pyridine rings is 1. The van der Waals surface area contributed by atoms with Crippen LogP contribution in [0.4, 0.5) is 11.4 Å². The van der Waals surface area contributed by atoms with E-state index in [9.17, 15) is 14.9 Å². The fourth-order valence-electron chi connectivity index (χ4n) is 1.51. The van der Waals surface area contributed by atoms with Crippen LogP contribution in [0.25, 0.3) is 0 Å². The first-order valence-electron chi connectivity index (χ1n) is 5.25. The molecule has 19 heavy (non-hydrogen) atoms. The second-order valence-electron chi connectivity index (χ2n) is 3.58. The summed E-state index contributed by atoms with van der Waals surface area (Å²) in [5.41, 5.74) is -0.0961. The number of carbonyl (C=O) groups excluding carboxylic acids is 1. The van der Waals surface area contributed by atoms with Gasteiger partial charge in [0.1, 0.15) is 5.56 Å². The van der Waals surface area contributed by atoms with Crippen molar-refractivity contribution in [1.29, 1.82) is 0 Å². The summed E-state index contributed by atoms with van der Waals surface area (Å²) in [5, 5.41) is 13.1. The Balaban J connectivity index is 2.35. The number of benzene rings is 1. The van der Waals surface area contributed by atoms with Crippen LogP contribution < -0.4 is 5.32 Å². The summed E-state index contributed by atoms with van der Waals surface area (Å²) in [6.45, 7) is 0. The molecule has 1 N–H and O–H groups in total. The zero-order chi connectivity index (χ0) is 13.8. The lowest BCUT2D eigenvalue weighted by Crippen LogP contribution is -2.14. The summed E-state index contributed by atoms with van der Waals surface area (Å²) in [5.74, 6) is -0.609. The minimum Gasteiger partial charge on any atom is -0.322 e. The molecule has 0 bridgehead atoms. The third kappa shape index (κ3) is 2.86. The van der Waals surface area contributed by atoms with Gasteiger partial charge < -0.3 is 5.32 Å². The highest BCUT2D eigenvalue weighted by molar-refractivity contribution is 6.32. The summed E-state index contributed by atoms with van der Waals surface area (Å²) < 4.78 is 0. The molecule has 0 radical (unpaired) electrons. The van der Waals surface area contributed by atoms with E-state index < -0.39 is 16.5 Å². The number of hydrogen-bond donors (Lipinski definition) is 1. The quantitative estimate of drug-likeness (QED) is 0.531. The van der Waals surface area contributed by atoms with Gasteiger partial charge in [-0.15, -0.1) is 0 Å². The molecule has 96 valence electrons. The van der Waals surface area contributed by atoms with Gasteiger partial charge in [0, 0.05) is 11.9 Å². The van der Waals surface area contributed by atoms with E-state index in [-0.39, 0.29) is 10.7 Å². The van der Waals surface area contributed by atoms with Crippen molar-refractivity contribution in [3.8, 4) is 0 Å². The van der Waals surface area contributed by atoms with Gasteiger partial charge in [-0.25, -0.2) is 4.98 Å². The first-order chi connectivity index (χ1) is 9.09. The first-order valence-corrected chi connectivity index (χ1v) is 5.62. The summed E-state index contributed by atoms with van der Waals surface area (Å²) in [7, 11) is 0. The smallest absolute Gasteiger partial charge is 0.319 e. The monoisotopic (exact) mass is 277 g/mol. The number of aromatic nitrogens is 1. The van der Waals surface area contributed by atoms with Crippen LogP contribution in [0.3, 0.4) is 0 Å². The predicted molar refractivity (Wildman–Crippen MR) is 70.3 cm³/mol. The topological polar surface area (TPSA) is 85.1 Å². The second kappa shape index (κ2) is 5.45. The third-order valence-electron chi connectivity index (χ3n) is 2.34. The van der Waals surface area contributed by atoms with E-state index in [1.54, 1.807) is 30.3 Å². The number of rotatable bonds is 3. The fraction of sp³-hybridized carbons (Fsp3) is 0. The molecule has 1 amide bonds. The van der Waals surface area contributed by atoms with Crippen molar-refractivity contribution in [3.63, 3.8) is 0 Å². The Hall–Kier alpha value is -2.47. The Morgan fingerprint density at radius 3 is 2.58 bits per heavy atom. The van der Waals surface area contributed by atoms with E-state index in [1.165, 1.54) is 12.3 Å². The van der Waals surface area contributed by atoms with Gasteiger partial charge >= 0.3 is 5.69 Å². The van der Waals surface area contributed by atoms with Crippen molar-refractivity contribution >= 4 is 28.9 Å². The predicted octanol–water partition coefficient (Wildman–Crippen LogP) is 2.90. The van der Waals surface area contributed by atoms with E-state index in [4.69, 9.17) is 11.6 Å². The maximum atomic E-state index is 12.0. The second-order valence-corrected chi connectivity index (χ2v) is 3.93. The largest absolute Gasteiger partial charge is 0.322 e. The van der Waals surface area contributed by atoms with Crippen LogP contribution in [0.5, 0.6) is 0 Å². The molecular formula is C12H8ClN3O3. The Bertz CT molecular complexity index is 631. The summed E-state index contributed by atoms with van der Waals surface area (Å²) in [6.07, 6.45) is 1.25. The van der Waals surface area contributed by atoms with E-state index in [0.29, 0.717) is 5.69 Å². The van der Waals surface area contributed by atoms with Crippen molar-refractivity contribution in [2.24, 2.45) is 0 Å². The lowest BCUT2D eigenvalue weighted by atomic mass is 10.2. The molecule has 7 heteroatoms. The van der Waals surface area contributed by atoms with Crippen molar-refractivity contribution < 1.29 is 9.72 Å². The van der Waals surface area contributed by atoms with Crippen LogP contribution >= 0.6 is 11.6 Å². The van der Waals surface area contributed by atoms with E-state index >= 15 is 0 Å². The lowest BCUT2D eigenvalue weighted by Gasteiger charge is -2.05. The van der Waals surface area contributed by atoms with Gasteiger partial charge in [0.25, 0.3) is 5.91 Å². The number of anilines is 1. The van der Waals surface area contributed by atoms with Gasteiger partial charge in [0.05, 0.1) is 4.92 Å². The zero-order valence-electron chi connectivity index (χ0n) is 9.54. The SMILES string of the molecule is O=C(Nc1ccccc1)c1ccnc(Cl)c1[N+](=O)[O-]. The van der Waals surface area contributed by atoms with Crippen molar-refractivity contribution in [2.45, 2.75) is 0 Å². The molecule has 1 heterocycles. The van der Waals surface area contributed by atoms with Crippen molar-refractivity contribution in [1.82, 2.24) is 4.98 Å². The first kappa shape index (κ1) is 13.0. The average molecular weight is 278 g/mol. The Kier molecular flexibility index (Phi) is 3.72. The molecule has 0 unspecified atom stereocenters. The fourth-order valence-corrected chi connectivity index (χ4v) is 1.73. The van der Waals surface area contributed by atoms with Gasteiger partial charge in [0.2, 0.25) is 5.15 Å². The highest BCUT2D eigenvalue weighted by Crippen LogP contribution is 2.26. The molecule has 0 fully saturated rings. The molecule has 0 atom stereocenters. The summed E-state index contributed by atoms with van der Waals surface area (Å²) >= 11 is 5.64. The minimum atomic E-state index is -0.727. The van der Waals surface area contributed by atoms with Crippen LogP contribution in [-0.2, 0) is 0 Å². The molecule has 1 aromatic carbocycles. The number of nitrogens with one attached hydrogen (secondary N) is 1. The molecule has 0 spiro atoms.